The third-order valence-electron chi connectivity index (χ3n) is 6.77. The third kappa shape index (κ3) is 5.50. The Balaban J connectivity index is 1.37. The van der Waals surface area contributed by atoms with Gasteiger partial charge in [0, 0.05) is 11.8 Å². The molecule has 2 saturated carbocycles. The molecular weight excluding hydrogens is 322 g/mol. The summed E-state index contributed by atoms with van der Waals surface area (Å²) in [6.45, 7) is 3.94. The molecule has 3 fully saturated rings. The number of allylic oxidation sites excluding steroid dienone is 1. The van der Waals surface area contributed by atoms with Gasteiger partial charge in [-0.25, -0.2) is 0 Å². The van der Waals surface area contributed by atoms with Crippen molar-refractivity contribution < 1.29 is 18.3 Å². The quantitative estimate of drug-likeness (QED) is 0.586. The van der Waals surface area contributed by atoms with Crippen LogP contribution in [0.2, 0.25) is 0 Å². The zero-order valence-electron chi connectivity index (χ0n) is 15.6. The number of hydrogen-bond donors (Lipinski definition) is 0. The predicted molar refractivity (Wildman–Crippen MR) is 95.3 cm³/mol. The highest BCUT2D eigenvalue weighted by Crippen LogP contribution is 2.39. The maximum Gasteiger partial charge on any atom is 0.266 e. The van der Waals surface area contributed by atoms with Gasteiger partial charge in [-0.05, 0) is 62.4 Å². The summed E-state index contributed by atoms with van der Waals surface area (Å²) in [5.41, 5.74) is 0. The molecule has 2 aliphatic carbocycles. The molecule has 4 heteroatoms. The van der Waals surface area contributed by atoms with Gasteiger partial charge in [-0.2, -0.15) is 8.78 Å². The Kier molecular flexibility index (Phi) is 7.29. The summed E-state index contributed by atoms with van der Waals surface area (Å²) in [4.78, 5) is 0. The van der Waals surface area contributed by atoms with E-state index in [1.165, 1.54) is 38.5 Å². The van der Waals surface area contributed by atoms with Crippen molar-refractivity contribution >= 4 is 0 Å². The predicted octanol–water partition coefficient (Wildman–Crippen LogP) is 6.17. The van der Waals surface area contributed by atoms with Crippen LogP contribution in [0.3, 0.4) is 0 Å². The SMILES string of the molecule is CCCC1CCC(C2COC(C3CCC(C=C(F)F)CC3)OC2)CC1. The molecule has 144 valence electrons. The highest BCUT2D eigenvalue weighted by Gasteiger charge is 2.35. The van der Waals surface area contributed by atoms with Crippen LogP contribution in [-0.2, 0) is 9.47 Å². The van der Waals surface area contributed by atoms with Gasteiger partial charge < -0.3 is 9.47 Å². The summed E-state index contributed by atoms with van der Waals surface area (Å²) in [7, 11) is 0. The number of hydrogen-bond acceptors (Lipinski definition) is 2. The molecule has 0 atom stereocenters. The highest BCUT2D eigenvalue weighted by atomic mass is 19.3. The minimum atomic E-state index is -1.54. The van der Waals surface area contributed by atoms with Gasteiger partial charge in [-0.1, -0.05) is 32.6 Å². The molecule has 0 unspecified atom stereocenters. The van der Waals surface area contributed by atoms with Crippen LogP contribution in [0.1, 0.15) is 71.1 Å². The Bertz CT molecular complexity index is 412. The second kappa shape index (κ2) is 9.45. The molecule has 25 heavy (non-hydrogen) atoms. The molecule has 1 heterocycles. The van der Waals surface area contributed by atoms with Crippen LogP contribution < -0.4 is 0 Å². The van der Waals surface area contributed by atoms with Crippen molar-refractivity contribution in [3.63, 3.8) is 0 Å². The van der Waals surface area contributed by atoms with E-state index in [9.17, 15) is 8.78 Å². The first-order valence-corrected chi connectivity index (χ1v) is 10.4. The topological polar surface area (TPSA) is 18.5 Å². The molecule has 0 aromatic rings. The maximum atomic E-state index is 12.4. The van der Waals surface area contributed by atoms with Gasteiger partial charge in [0.2, 0.25) is 0 Å². The van der Waals surface area contributed by atoms with Crippen LogP contribution in [-0.4, -0.2) is 19.5 Å². The normalized spacial score (nSPS) is 39.8. The Labute approximate surface area is 151 Å². The summed E-state index contributed by atoms with van der Waals surface area (Å²) in [6, 6.07) is 0. The van der Waals surface area contributed by atoms with Crippen molar-refractivity contribution in [2.24, 2.45) is 29.6 Å². The minimum absolute atomic E-state index is 0.0379. The van der Waals surface area contributed by atoms with Crippen molar-refractivity contribution in [1.82, 2.24) is 0 Å². The fraction of sp³-hybridized carbons (Fsp3) is 0.905. The number of rotatable bonds is 5. The maximum absolute atomic E-state index is 12.4. The molecule has 0 aromatic carbocycles. The summed E-state index contributed by atoms with van der Waals surface area (Å²) in [5, 5.41) is 0. The van der Waals surface area contributed by atoms with Crippen molar-refractivity contribution in [2.45, 2.75) is 77.4 Å². The van der Waals surface area contributed by atoms with Gasteiger partial charge in [0.15, 0.2) is 6.29 Å². The summed E-state index contributed by atoms with van der Waals surface area (Å²) < 4.78 is 36.9. The molecule has 0 spiro atoms. The van der Waals surface area contributed by atoms with Crippen LogP contribution in [0.25, 0.3) is 0 Å². The molecule has 0 N–H and O–H groups in total. The van der Waals surface area contributed by atoms with E-state index in [2.05, 4.69) is 6.92 Å². The standard InChI is InChI=1S/C21H34F2O2/c1-2-3-15-4-8-17(9-5-15)19-13-24-21(25-14-19)18-10-6-16(7-11-18)12-20(22)23/h12,15-19,21H,2-11,13-14H2,1H3. The van der Waals surface area contributed by atoms with E-state index in [1.54, 1.807) is 0 Å². The lowest BCUT2D eigenvalue weighted by molar-refractivity contribution is -0.236. The molecule has 0 bridgehead atoms. The summed E-state index contributed by atoms with van der Waals surface area (Å²) in [6.07, 6.45) is 11.1. The first-order valence-electron chi connectivity index (χ1n) is 10.4. The van der Waals surface area contributed by atoms with E-state index in [0.29, 0.717) is 11.8 Å². The van der Waals surface area contributed by atoms with Crippen LogP contribution >= 0.6 is 0 Å². The van der Waals surface area contributed by atoms with Gasteiger partial charge in [0.05, 0.1) is 13.2 Å². The monoisotopic (exact) mass is 356 g/mol. The lowest BCUT2D eigenvalue weighted by Crippen LogP contribution is -2.41. The van der Waals surface area contributed by atoms with Gasteiger partial charge >= 0.3 is 0 Å². The summed E-state index contributed by atoms with van der Waals surface area (Å²) in [5.74, 6) is 2.68. The van der Waals surface area contributed by atoms with E-state index in [0.717, 1.165) is 56.8 Å². The highest BCUT2D eigenvalue weighted by molar-refractivity contribution is 4.91. The first-order chi connectivity index (χ1) is 12.2. The van der Waals surface area contributed by atoms with E-state index >= 15 is 0 Å². The fourth-order valence-electron chi connectivity index (χ4n) is 5.20. The molecule has 0 amide bonds. The Morgan fingerprint density at radius 1 is 0.840 bits per heavy atom. The molecule has 1 saturated heterocycles. The zero-order valence-corrected chi connectivity index (χ0v) is 15.6. The average molecular weight is 356 g/mol. The van der Waals surface area contributed by atoms with Crippen LogP contribution in [0.4, 0.5) is 8.78 Å². The van der Waals surface area contributed by atoms with Gasteiger partial charge in [0.25, 0.3) is 6.08 Å². The second-order valence-corrected chi connectivity index (χ2v) is 8.50. The van der Waals surface area contributed by atoms with Crippen molar-refractivity contribution in [3.8, 4) is 0 Å². The average Bonchev–Trinajstić information content (AvgIpc) is 2.63. The second-order valence-electron chi connectivity index (χ2n) is 8.50. The van der Waals surface area contributed by atoms with Crippen LogP contribution in [0, 0.1) is 29.6 Å². The largest absolute Gasteiger partial charge is 0.352 e. The smallest absolute Gasteiger partial charge is 0.266 e. The molecule has 0 radical (unpaired) electrons. The van der Waals surface area contributed by atoms with Crippen LogP contribution in [0.15, 0.2) is 12.2 Å². The Morgan fingerprint density at radius 3 is 2.00 bits per heavy atom. The van der Waals surface area contributed by atoms with E-state index in [-0.39, 0.29) is 12.2 Å². The zero-order chi connectivity index (χ0) is 17.6. The minimum Gasteiger partial charge on any atom is -0.352 e. The molecule has 1 aliphatic heterocycles. The third-order valence-corrected chi connectivity index (χ3v) is 6.77. The molecule has 2 nitrogen and oxygen atoms in total. The van der Waals surface area contributed by atoms with E-state index in [4.69, 9.17) is 9.47 Å². The first kappa shape index (κ1) is 19.3. The number of halogens is 2. The lowest BCUT2D eigenvalue weighted by Gasteiger charge is -2.41. The molecule has 3 rings (SSSR count). The van der Waals surface area contributed by atoms with E-state index < -0.39 is 6.08 Å². The van der Waals surface area contributed by atoms with Crippen molar-refractivity contribution in [2.75, 3.05) is 13.2 Å². The van der Waals surface area contributed by atoms with Gasteiger partial charge in [-0.3, -0.25) is 0 Å². The fourth-order valence-corrected chi connectivity index (χ4v) is 5.20. The molecule has 3 aliphatic rings. The van der Waals surface area contributed by atoms with Crippen LogP contribution in [0.5, 0.6) is 0 Å². The van der Waals surface area contributed by atoms with Gasteiger partial charge in [0.1, 0.15) is 0 Å². The van der Waals surface area contributed by atoms with Gasteiger partial charge in [-0.15, -0.1) is 0 Å². The van der Waals surface area contributed by atoms with Crippen molar-refractivity contribution in [1.29, 1.82) is 0 Å². The Morgan fingerprint density at radius 2 is 1.44 bits per heavy atom. The Hall–Kier alpha value is -0.480. The van der Waals surface area contributed by atoms with Crippen molar-refractivity contribution in [3.05, 3.63) is 12.2 Å². The lowest BCUT2D eigenvalue weighted by atomic mass is 9.74. The van der Waals surface area contributed by atoms with E-state index in [1.807, 2.05) is 0 Å². The molecule has 0 aromatic heterocycles. The molecular formula is C21H34F2O2. The number of ether oxygens (including phenoxy) is 2. The summed E-state index contributed by atoms with van der Waals surface area (Å²) >= 11 is 0.